The second-order valence-corrected chi connectivity index (χ2v) is 10.5. The van der Waals surface area contributed by atoms with E-state index in [0.717, 1.165) is 44.5 Å². The molecule has 0 atom stereocenters. The number of hydrogen-bond acceptors (Lipinski definition) is 5. The average Bonchev–Trinajstić information content (AvgIpc) is 3.21. The van der Waals surface area contributed by atoms with Crippen LogP contribution >= 0.6 is 15.9 Å². The number of carboxylic acid groups (broad SMARTS) is 1. The summed E-state index contributed by atoms with van der Waals surface area (Å²) >= 11 is 3.52. The fraction of sp³-hybridized carbons (Fsp3) is 0.462. The summed E-state index contributed by atoms with van der Waals surface area (Å²) in [7, 11) is 1.63. The molecule has 3 heterocycles. The van der Waals surface area contributed by atoms with Crippen molar-refractivity contribution in [2.75, 3.05) is 20.2 Å². The monoisotopic (exact) mass is 559 g/mol. The van der Waals surface area contributed by atoms with Gasteiger partial charge in [-0.1, -0.05) is 6.92 Å². The van der Waals surface area contributed by atoms with Gasteiger partial charge in [-0.25, -0.2) is 9.31 Å². The van der Waals surface area contributed by atoms with Crippen molar-refractivity contribution in [3.05, 3.63) is 52.0 Å². The zero-order valence-electron chi connectivity index (χ0n) is 21.5. The summed E-state index contributed by atoms with van der Waals surface area (Å²) < 4.78 is 8.28. The summed E-state index contributed by atoms with van der Waals surface area (Å²) in [6.45, 7) is 8.33. The zero-order valence-corrected chi connectivity index (χ0v) is 23.1. The Labute approximate surface area is 220 Å². The number of nitrogens with zero attached hydrogens (tertiary/aromatic N) is 4. The molecule has 0 aromatic carbocycles. The lowest BCUT2D eigenvalue weighted by atomic mass is 9.96. The maximum atomic E-state index is 12.7. The van der Waals surface area contributed by atoms with Crippen molar-refractivity contribution in [3.8, 4) is 11.1 Å². The Hall–Kier alpha value is -2.98. The van der Waals surface area contributed by atoms with E-state index in [-0.39, 0.29) is 25.4 Å². The Balaban J connectivity index is 1.89. The SMILES string of the molecule is CCc1ccc2c(-c3cncc(Br)c3)c(CCC(=O)NCCN(C(=O)O)C(C)(C)C)c(COC)nn12. The summed E-state index contributed by atoms with van der Waals surface area (Å²) in [4.78, 5) is 30.0. The Morgan fingerprint density at radius 1 is 1.25 bits per heavy atom. The standard InChI is InChI=1S/C26H34BrN5O4/c1-6-19-7-9-22-24(17-13-18(27)15-28-14-17)20(21(16-36-5)30-32(19)22)8-10-23(33)29-11-12-31(25(34)35)26(2,3)4/h7,9,13-15H,6,8,10-12,16H2,1-5H3,(H,29,33)(H,34,35). The number of halogens is 1. The Morgan fingerprint density at radius 2 is 2.00 bits per heavy atom. The smallest absolute Gasteiger partial charge is 0.407 e. The van der Waals surface area contributed by atoms with E-state index in [4.69, 9.17) is 9.84 Å². The number of pyridine rings is 1. The second kappa shape index (κ2) is 11.8. The number of methoxy groups -OCH3 is 1. The molecule has 0 aliphatic carbocycles. The molecule has 9 nitrogen and oxygen atoms in total. The summed E-state index contributed by atoms with van der Waals surface area (Å²) in [6, 6.07) is 6.12. The van der Waals surface area contributed by atoms with Crippen LogP contribution in [-0.4, -0.2) is 62.3 Å². The highest BCUT2D eigenvalue weighted by Gasteiger charge is 2.26. The number of amides is 2. The highest BCUT2D eigenvalue weighted by molar-refractivity contribution is 9.10. The molecule has 0 bridgehead atoms. The number of carbonyl (C=O) groups is 2. The van der Waals surface area contributed by atoms with E-state index < -0.39 is 11.6 Å². The minimum Gasteiger partial charge on any atom is -0.465 e. The van der Waals surface area contributed by atoms with Crippen LogP contribution in [0, 0.1) is 0 Å². The number of rotatable bonds is 10. The van der Waals surface area contributed by atoms with Crippen molar-refractivity contribution >= 4 is 33.4 Å². The number of hydrogen-bond donors (Lipinski definition) is 2. The van der Waals surface area contributed by atoms with E-state index >= 15 is 0 Å². The van der Waals surface area contributed by atoms with Crippen LogP contribution in [0.25, 0.3) is 16.6 Å². The first-order chi connectivity index (χ1) is 17.1. The normalized spacial score (nSPS) is 11.6. The van der Waals surface area contributed by atoms with Crippen molar-refractivity contribution in [1.29, 1.82) is 0 Å². The van der Waals surface area contributed by atoms with Gasteiger partial charge in [-0.05, 0) is 73.3 Å². The molecule has 0 aliphatic rings. The van der Waals surface area contributed by atoms with Crippen LogP contribution in [-0.2, 0) is 29.0 Å². The molecule has 0 radical (unpaired) electrons. The molecule has 0 unspecified atom stereocenters. The molecule has 194 valence electrons. The van der Waals surface area contributed by atoms with Crippen LogP contribution in [0.1, 0.15) is 51.1 Å². The fourth-order valence-electron chi connectivity index (χ4n) is 4.27. The van der Waals surface area contributed by atoms with Crippen LogP contribution in [0.15, 0.2) is 35.1 Å². The molecular formula is C26H34BrN5O4. The Bertz CT molecular complexity index is 1240. The van der Waals surface area contributed by atoms with Gasteiger partial charge in [0.05, 0.1) is 17.8 Å². The van der Waals surface area contributed by atoms with Crippen LogP contribution in [0.3, 0.4) is 0 Å². The minimum absolute atomic E-state index is 0.152. The molecule has 0 saturated carbocycles. The lowest BCUT2D eigenvalue weighted by molar-refractivity contribution is -0.121. The van der Waals surface area contributed by atoms with Gasteiger partial charge in [0.2, 0.25) is 5.91 Å². The summed E-state index contributed by atoms with van der Waals surface area (Å²) in [5.41, 5.74) is 5.08. The van der Waals surface area contributed by atoms with Gasteiger partial charge < -0.3 is 20.1 Å². The van der Waals surface area contributed by atoms with Gasteiger partial charge >= 0.3 is 6.09 Å². The predicted octanol–water partition coefficient (Wildman–Crippen LogP) is 4.69. The molecule has 0 spiro atoms. The second-order valence-electron chi connectivity index (χ2n) is 9.56. The largest absolute Gasteiger partial charge is 0.465 e. The van der Waals surface area contributed by atoms with Crippen molar-refractivity contribution in [2.24, 2.45) is 0 Å². The zero-order chi connectivity index (χ0) is 26.5. The Kier molecular flexibility index (Phi) is 9.08. The highest BCUT2D eigenvalue weighted by atomic mass is 79.9. The number of aromatic nitrogens is 3. The predicted molar refractivity (Wildman–Crippen MR) is 142 cm³/mol. The summed E-state index contributed by atoms with van der Waals surface area (Å²) in [5, 5.41) is 17.2. The van der Waals surface area contributed by atoms with Crippen molar-refractivity contribution in [2.45, 2.75) is 59.1 Å². The summed E-state index contributed by atoms with van der Waals surface area (Å²) in [5.74, 6) is -0.152. The molecule has 3 rings (SSSR count). The van der Waals surface area contributed by atoms with Gasteiger partial charge in [-0.15, -0.1) is 0 Å². The Morgan fingerprint density at radius 3 is 2.61 bits per heavy atom. The van der Waals surface area contributed by atoms with Crippen molar-refractivity contribution < 1.29 is 19.4 Å². The van der Waals surface area contributed by atoms with Crippen LogP contribution in [0.2, 0.25) is 0 Å². The van der Waals surface area contributed by atoms with E-state index in [1.165, 1.54) is 4.90 Å². The minimum atomic E-state index is -1.01. The number of fused-ring (bicyclic) bond motifs is 1. The number of nitrogens with one attached hydrogen (secondary N) is 1. The van der Waals surface area contributed by atoms with E-state index in [1.54, 1.807) is 13.3 Å². The molecule has 3 aromatic rings. The first kappa shape index (κ1) is 27.6. The molecule has 0 fully saturated rings. The molecular weight excluding hydrogens is 526 g/mol. The summed E-state index contributed by atoms with van der Waals surface area (Å²) in [6.07, 6.45) is 4.04. The van der Waals surface area contributed by atoms with Crippen molar-refractivity contribution in [1.82, 2.24) is 24.8 Å². The lowest BCUT2D eigenvalue weighted by Crippen LogP contribution is -2.48. The van der Waals surface area contributed by atoms with Gasteiger partial charge in [-0.3, -0.25) is 9.78 Å². The van der Waals surface area contributed by atoms with E-state index in [0.29, 0.717) is 13.0 Å². The van der Waals surface area contributed by atoms with Crippen LogP contribution in [0.4, 0.5) is 4.79 Å². The van der Waals surface area contributed by atoms with Crippen molar-refractivity contribution in [3.63, 3.8) is 0 Å². The maximum absolute atomic E-state index is 12.7. The van der Waals surface area contributed by atoms with Crippen LogP contribution < -0.4 is 5.32 Å². The molecule has 0 saturated heterocycles. The highest BCUT2D eigenvalue weighted by Crippen LogP contribution is 2.33. The lowest BCUT2D eigenvalue weighted by Gasteiger charge is -2.33. The van der Waals surface area contributed by atoms with Gasteiger partial charge in [0.15, 0.2) is 0 Å². The first-order valence-corrected chi connectivity index (χ1v) is 12.8. The molecule has 3 aromatic heterocycles. The van der Waals surface area contributed by atoms with E-state index in [2.05, 4.69) is 45.3 Å². The molecule has 10 heteroatoms. The third-order valence-electron chi connectivity index (χ3n) is 6.00. The quantitative estimate of drug-likeness (QED) is 0.372. The first-order valence-electron chi connectivity index (χ1n) is 12.0. The average molecular weight is 560 g/mol. The molecule has 2 N–H and O–H groups in total. The third kappa shape index (κ3) is 6.41. The molecule has 0 aliphatic heterocycles. The van der Waals surface area contributed by atoms with Crippen LogP contribution in [0.5, 0.6) is 0 Å². The maximum Gasteiger partial charge on any atom is 0.407 e. The van der Waals surface area contributed by atoms with E-state index in [1.807, 2.05) is 37.5 Å². The van der Waals surface area contributed by atoms with E-state index in [9.17, 15) is 14.7 Å². The topological polar surface area (TPSA) is 109 Å². The van der Waals surface area contributed by atoms with Gasteiger partial charge in [-0.2, -0.15) is 5.10 Å². The van der Waals surface area contributed by atoms with Gasteiger partial charge in [0, 0.05) is 65.8 Å². The van der Waals surface area contributed by atoms with Gasteiger partial charge in [0.25, 0.3) is 0 Å². The third-order valence-corrected chi connectivity index (χ3v) is 6.43. The fourth-order valence-corrected chi connectivity index (χ4v) is 4.64. The number of aryl methyl sites for hydroxylation is 1. The molecule has 36 heavy (non-hydrogen) atoms. The number of ether oxygens (including phenoxy) is 1. The molecule has 2 amide bonds. The number of carbonyl (C=O) groups excluding carboxylic acids is 1. The van der Waals surface area contributed by atoms with Gasteiger partial charge in [0.1, 0.15) is 0 Å².